The molecule has 0 aliphatic carbocycles. The van der Waals surface area contributed by atoms with Crippen molar-refractivity contribution in [3.05, 3.63) is 69.7 Å². The van der Waals surface area contributed by atoms with Gasteiger partial charge in [-0.15, -0.1) is 0 Å². The highest BCUT2D eigenvalue weighted by molar-refractivity contribution is 9.10. The van der Waals surface area contributed by atoms with Crippen LogP contribution in [0.3, 0.4) is 0 Å². The fourth-order valence-corrected chi connectivity index (χ4v) is 4.36. The number of hydrogen-bond acceptors (Lipinski definition) is 3. The van der Waals surface area contributed by atoms with E-state index in [4.69, 9.17) is 0 Å². The molecule has 26 heavy (non-hydrogen) atoms. The van der Waals surface area contributed by atoms with Crippen LogP contribution in [0, 0.1) is 0 Å². The number of carbonyl (C=O) groups excluding carboxylic acids is 1. The lowest BCUT2D eigenvalue weighted by molar-refractivity contribution is 0.0690. The van der Waals surface area contributed by atoms with Crippen LogP contribution in [0.1, 0.15) is 47.8 Å². The monoisotopic (exact) mass is 437 g/mol. The maximum Gasteiger partial charge on any atom is 0.254 e. The third kappa shape index (κ3) is 5.42. The molecular formula is C20H24BrNO3S. The number of halogens is 1. The molecule has 2 aromatic carbocycles. The predicted molar refractivity (Wildman–Crippen MR) is 109 cm³/mol. The van der Waals surface area contributed by atoms with Crippen molar-refractivity contribution in [1.82, 2.24) is 4.90 Å². The van der Waals surface area contributed by atoms with Crippen molar-refractivity contribution in [3.63, 3.8) is 0 Å². The van der Waals surface area contributed by atoms with Gasteiger partial charge in [-0.3, -0.25) is 4.79 Å². The van der Waals surface area contributed by atoms with E-state index in [1.807, 2.05) is 43.0 Å². The minimum absolute atomic E-state index is 0.0678. The zero-order valence-corrected chi connectivity index (χ0v) is 17.7. The number of nitrogens with zero attached hydrogens (tertiary/aromatic N) is 1. The lowest BCUT2D eigenvalue weighted by Crippen LogP contribution is -2.34. The first kappa shape index (κ1) is 20.6. The van der Waals surface area contributed by atoms with Gasteiger partial charge in [-0.1, -0.05) is 53.2 Å². The van der Waals surface area contributed by atoms with Crippen molar-refractivity contribution in [1.29, 1.82) is 0 Å². The third-order valence-corrected chi connectivity index (χ3v) is 5.73. The second kappa shape index (κ2) is 8.82. The van der Waals surface area contributed by atoms with Crippen LogP contribution < -0.4 is 0 Å². The summed E-state index contributed by atoms with van der Waals surface area (Å²) in [4.78, 5) is 15.0. The highest BCUT2D eigenvalue weighted by Crippen LogP contribution is 2.29. The fourth-order valence-electron chi connectivity index (χ4n) is 2.96. The molecule has 0 aliphatic rings. The summed E-state index contributed by atoms with van der Waals surface area (Å²) in [6.07, 6.45) is 2.03. The Kier molecular flexibility index (Phi) is 7.01. The normalized spacial score (nSPS) is 12.6. The number of rotatable bonds is 7. The molecule has 0 radical (unpaired) electrons. The van der Waals surface area contributed by atoms with Gasteiger partial charge in [-0.2, -0.15) is 0 Å². The molecule has 0 spiro atoms. The standard InChI is InChI=1S/C20H24BrNO3S/c1-4-12-22(15(2)18-10-5-6-11-19(18)21)20(23)17-9-7-8-16(13-17)14-26(3,24)25/h5-11,13,15H,4,12,14H2,1-3H3. The highest BCUT2D eigenvalue weighted by atomic mass is 79.9. The van der Waals surface area contributed by atoms with E-state index in [1.54, 1.807) is 24.3 Å². The molecule has 0 fully saturated rings. The van der Waals surface area contributed by atoms with Gasteiger partial charge in [0.1, 0.15) is 0 Å². The second-order valence-corrected chi connectivity index (χ2v) is 9.46. The van der Waals surface area contributed by atoms with Gasteiger partial charge in [0.15, 0.2) is 9.84 Å². The zero-order chi connectivity index (χ0) is 19.3. The van der Waals surface area contributed by atoms with Crippen LogP contribution in [0.5, 0.6) is 0 Å². The summed E-state index contributed by atoms with van der Waals surface area (Å²) < 4.78 is 24.1. The summed E-state index contributed by atoms with van der Waals surface area (Å²) in [5.74, 6) is -0.160. The lowest BCUT2D eigenvalue weighted by Gasteiger charge is -2.30. The fraction of sp³-hybridized carbons (Fsp3) is 0.350. The molecule has 1 atom stereocenters. The van der Waals surface area contributed by atoms with E-state index >= 15 is 0 Å². The first-order valence-electron chi connectivity index (χ1n) is 8.55. The Morgan fingerprint density at radius 3 is 2.46 bits per heavy atom. The van der Waals surface area contributed by atoms with Crippen molar-refractivity contribution >= 4 is 31.7 Å². The second-order valence-electron chi connectivity index (χ2n) is 6.47. The molecule has 0 heterocycles. The number of amides is 1. The Labute approximate surface area is 164 Å². The number of sulfone groups is 1. The summed E-state index contributed by atoms with van der Waals surface area (Å²) in [7, 11) is -3.15. The maximum absolute atomic E-state index is 13.1. The Morgan fingerprint density at radius 1 is 1.15 bits per heavy atom. The molecule has 0 aliphatic heterocycles. The van der Waals surface area contributed by atoms with Gasteiger partial charge in [-0.25, -0.2) is 8.42 Å². The van der Waals surface area contributed by atoms with E-state index in [0.717, 1.165) is 16.5 Å². The number of hydrogen-bond donors (Lipinski definition) is 0. The van der Waals surface area contributed by atoms with Crippen LogP contribution in [-0.4, -0.2) is 32.0 Å². The molecule has 0 N–H and O–H groups in total. The van der Waals surface area contributed by atoms with Crippen LogP contribution in [0.2, 0.25) is 0 Å². The molecule has 140 valence electrons. The van der Waals surface area contributed by atoms with Gasteiger partial charge < -0.3 is 4.90 Å². The van der Waals surface area contributed by atoms with Gasteiger partial charge in [0.25, 0.3) is 5.91 Å². The number of benzene rings is 2. The van der Waals surface area contributed by atoms with Crippen LogP contribution in [-0.2, 0) is 15.6 Å². The summed E-state index contributed by atoms with van der Waals surface area (Å²) in [5.41, 5.74) is 2.18. The highest BCUT2D eigenvalue weighted by Gasteiger charge is 2.23. The Bertz CT molecular complexity index is 880. The van der Waals surface area contributed by atoms with E-state index in [2.05, 4.69) is 15.9 Å². The molecule has 0 bridgehead atoms. The van der Waals surface area contributed by atoms with Gasteiger partial charge in [0.2, 0.25) is 0 Å². The van der Waals surface area contributed by atoms with E-state index in [-0.39, 0.29) is 17.7 Å². The molecule has 0 aromatic heterocycles. The molecule has 0 saturated carbocycles. The van der Waals surface area contributed by atoms with Crippen molar-refractivity contribution < 1.29 is 13.2 Å². The van der Waals surface area contributed by atoms with Crippen molar-refractivity contribution in [2.45, 2.75) is 32.1 Å². The maximum atomic E-state index is 13.1. The average molecular weight is 438 g/mol. The van der Waals surface area contributed by atoms with Crippen LogP contribution in [0.25, 0.3) is 0 Å². The molecule has 4 nitrogen and oxygen atoms in total. The predicted octanol–water partition coefficient (Wildman–Crippen LogP) is 4.61. The third-order valence-electron chi connectivity index (χ3n) is 4.15. The Hall–Kier alpha value is -1.66. The number of carbonyl (C=O) groups is 1. The van der Waals surface area contributed by atoms with Crippen LogP contribution in [0.4, 0.5) is 0 Å². The first-order chi connectivity index (χ1) is 12.2. The molecule has 2 rings (SSSR count). The van der Waals surface area contributed by atoms with Gasteiger partial charge in [0.05, 0.1) is 11.8 Å². The minimum atomic E-state index is -3.15. The Balaban J connectivity index is 2.34. The van der Waals surface area contributed by atoms with Crippen molar-refractivity contribution in [2.24, 2.45) is 0 Å². The summed E-state index contributed by atoms with van der Waals surface area (Å²) in [5, 5.41) is 0. The molecule has 6 heteroatoms. The van der Waals surface area contributed by atoms with Crippen molar-refractivity contribution in [2.75, 3.05) is 12.8 Å². The quantitative estimate of drug-likeness (QED) is 0.635. The molecule has 1 unspecified atom stereocenters. The average Bonchev–Trinajstić information content (AvgIpc) is 2.58. The van der Waals surface area contributed by atoms with E-state index in [9.17, 15) is 13.2 Å². The molecule has 1 amide bonds. The lowest BCUT2D eigenvalue weighted by atomic mass is 10.0. The van der Waals surface area contributed by atoms with Gasteiger partial charge in [-0.05, 0) is 42.7 Å². The van der Waals surface area contributed by atoms with E-state index in [0.29, 0.717) is 17.7 Å². The Morgan fingerprint density at radius 2 is 1.85 bits per heavy atom. The largest absolute Gasteiger partial charge is 0.332 e. The molecule has 2 aromatic rings. The first-order valence-corrected chi connectivity index (χ1v) is 11.4. The van der Waals surface area contributed by atoms with E-state index < -0.39 is 9.84 Å². The van der Waals surface area contributed by atoms with Crippen LogP contribution >= 0.6 is 15.9 Å². The summed E-state index contributed by atoms with van der Waals surface area (Å²) in [6.45, 7) is 4.67. The van der Waals surface area contributed by atoms with Gasteiger partial charge >= 0.3 is 0 Å². The summed E-state index contributed by atoms with van der Waals surface area (Å²) in [6, 6.07) is 14.7. The SMILES string of the molecule is CCCN(C(=O)c1cccc(CS(C)(=O)=O)c1)C(C)c1ccccc1Br. The zero-order valence-electron chi connectivity index (χ0n) is 15.3. The van der Waals surface area contributed by atoms with Gasteiger partial charge in [0, 0.05) is 22.8 Å². The minimum Gasteiger partial charge on any atom is -0.332 e. The summed E-state index contributed by atoms with van der Waals surface area (Å²) >= 11 is 3.56. The molecule has 0 saturated heterocycles. The van der Waals surface area contributed by atoms with Crippen molar-refractivity contribution in [3.8, 4) is 0 Å². The topological polar surface area (TPSA) is 54.5 Å². The smallest absolute Gasteiger partial charge is 0.254 e. The molecular weight excluding hydrogens is 414 g/mol. The van der Waals surface area contributed by atoms with Crippen LogP contribution in [0.15, 0.2) is 53.0 Å². The van der Waals surface area contributed by atoms with E-state index in [1.165, 1.54) is 6.26 Å².